The summed E-state index contributed by atoms with van der Waals surface area (Å²) in [5.41, 5.74) is 2.82. The fourth-order valence-corrected chi connectivity index (χ4v) is 2.85. The van der Waals surface area contributed by atoms with E-state index in [-0.39, 0.29) is 25.1 Å². The maximum absolute atomic E-state index is 12.0. The fraction of sp³-hybridized carbons (Fsp3) is 0.182. The Bertz CT molecular complexity index is 1100. The molecule has 0 saturated carbocycles. The van der Waals surface area contributed by atoms with Crippen LogP contribution in [0.2, 0.25) is 0 Å². The summed E-state index contributed by atoms with van der Waals surface area (Å²) in [5, 5.41) is 23.3. The number of nitrogens with zero attached hydrogens (tertiary/aromatic N) is 4. The predicted octanol–water partition coefficient (Wildman–Crippen LogP) is 2.39. The van der Waals surface area contributed by atoms with Gasteiger partial charge in [0.15, 0.2) is 0 Å². The Morgan fingerprint density at radius 3 is 2.37 bits per heavy atom. The Kier molecular flexibility index (Phi) is 6.57. The van der Waals surface area contributed by atoms with Crippen LogP contribution in [0.15, 0.2) is 65.5 Å². The molecule has 0 bridgehead atoms. The third kappa shape index (κ3) is 5.10. The summed E-state index contributed by atoms with van der Waals surface area (Å²) >= 11 is 0. The van der Waals surface area contributed by atoms with E-state index in [1.54, 1.807) is 37.3 Å². The molecule has 3 rings (SSSR count). The monoisotopic (exact) mass is 404 g/mol. The van der Waals surface area contributed by atoms with Crippen LogP contribution >= 0.6 is 0 Å². The minimum absolute atomic E-state index is 0.0148. The van der Waals surface area contributed by atoms with Gasteiger partial charge in [-0.3, -0.25) is 14.8 Å². The molecule has 0 fully saturated rings. The number of hydroxylamine groups is 2. The molecular weight excluding hydrogens is 384 g/mol. The number of hydrogen-bond acceptors (Lipinski definition) is 6. The highest BCUT2D eigenvalue weighted by molar-refractivity contribution is 5.64. The van der Waals surface area contributed by atoms with Crippen LogP contribution in [-0.2, 0) is 11.3 Å². The summed E-state index contributed by atoms with van der Waals surface area (Å²) in [4.78, 5) is 23.0. The molecule has 30 heavy (non-hydrogen) atoms. The van der Waals surface area contributed by atoms with Gasteiger partial charge in [-0.05, 0) is 48.4 Å². The molecule has 1 unspecified atom stereocenters. The first-order valence-corrected chi connectivity index (χ1v) is 9.21. The van der Waals surface area contributed by atoms with Crippen molar-refractivity contribution in [2.75, 3.05) is 6.61 Å². The topological polar surface area (TPSA) is 108 Å². The van der Waals surface area contributed by atoms with Crippen LogP contribution in [0.1, 0.15) is 11.3 Å². The molecule has 1 N–H and O–H groups in total. The predicted molar refractivity (Wildman–Crippen MR) is 109 cm³/mol. The zero-order valence-electron chi connectivity index (χ0n) is 16.3. The second-order valence-electron chi connectivity index (χ2n) is 6.66. The van der Waals surface area contributed by atoms with E-state index in [9.17, 15) is 14.8 Å². The number of rotatable bonds is 8. The second-order valence-corrected chi connectivity index (χ2v) is 6.66. The van der Waals surface area contributed by atoms with Crippen molar-refractivity contribution in [3.63, 3.8) is 0 Å². The van der Waals surface area contributed by atoms with Gasteiger partial charge in [0.2, 0.25) is 6.41 Å². The van der Waals surface area contributed by atoms with Crippen LogP contribution in [0, 0.1) is 18.3 Å². The van der Waals surface area contributed by atoms with Crippen molar-refractivity contribution in [1.29, 1.82) is 5.26 Å². The van der Waals surface area contributed by atoms with Gasteiger partial charge in [0.25, 0.3) is 5.56 Å². The van der Waals surface area contributed by atoms with Gasteiger partial charge >= 0.3 is 0 Å². The maximum atomic E-state index is 12.0. The van der Waals surface area contributed by atoms with Crippen molar-refractivity contribution in [2.24, 2.45) is 0 Å². The van der Waals surface area contributed by atoms with Crippen LogP contribution in [0.5, 0.6) is 5.75 Å². The minimum atomic E-state index is -0.798. The van der Waals surface area contributed by atoms with Crippen molar-refractivity contribution in [3.8, 4) is 22.9 Å². The van der Waals surface area contributed by atoms with E-state index < -0.39 is 6.04 Å². The number of hydrogen-bond donors (Lipinski definition) is 1. The lowest BCUT2D eigenvalue weighted by Gasteiger charge is -2.23. The molecule has 0 radical (unpaired) electrons. The van der Waals surface area contributed by atoms with E-state index in [1.165, 1.54) is 10.7 Å². The molecule has 152 valence electrons. The van der Waals surface area contributed by atoms with E-state index in [0.717, 1.165) is 11.1 Å². The molecule has 1 heterocycles. The van der Waals surface area contributed by atoms with Gasteiger partial charge in [-0.25, -0.2) is 9.75 Å². The SMILES string of the molecule is Cc1ccc(=O)n(CC(COc2ccc(-c3ccc(C#N)cc3)cc2)N(O)C=O)n1. The van der Waals surface area contributed by atoms with E-state index in [1.807, 2.05) is 24.3 Å². The molecular formula is C22H20N4O4. The number of amides is 1. The summed E-state index contributed by atoms with van der Waals surface area (Å²) in [6, 6.07) is 18.8. The quantitative estimate of drug-likeness (QED) is 0.351. The zero-order chi connectivity index (χ0) is 21.5. The van der Waals surface area contributed by atoms with Crippen molar-refractivity contribution in [3.05, 3.63) is 82.3 Å². The van der Waals surface area contributed by atoms with E-state index >= 15 is 0 Å². The zero-order valence-corrected chi connectivity index (χ0v) is 16.3. The third-order valence-electron chi connectivity index (χ3n) is 4.51. The number of benzene rings is 2. The van der Waals surface area contributed by atoms with Crippen LogP contribution in [0.25, 0.3) is 11.1 Å². The Morgan fingerprint density at radius 1 is 1.13 bits per heavy atom. The lowest BCUT2D eigenvalue weighted by Crippen LogP contribution is -2.42. The number of nitriles is 1. The van der Waals surface area contributed by atoms with Crippen molar-refractivity contribution < 1.29 is 14.7 Å². The average molecular weight is 404 g/mol. The third-order valence-corrected chi connectivity index (χ3v) is 4.51. The summed E-state index contributed by atoms with van der Waals surface area (Å²) < 4.78 is 6.90. The minimum Gasteiger partial charge on any atom is -0.491 e. The molecule has 0 spiro atoms. The molecule has 0 saturated heterocycles. The van der Waals surface area contributed by atoms with Gasteiger partial charge in [-0.1, -0.05) is 24.3 Å². The van der Waals surface area contributed by atoms with Crippen LogP contribution < -0.4 is 10.3 Å². The Labute approximate surface area is 173 Å². The molecule has 0 aliphatic heterocycles. The maximum Gasteiger partial charge on any atom is 0.266 e. The molecule has 0 aliphatic rings. The summed E-state index contributed by atoms with van der Waals surface area (Å²) in [6.45, 7) is 1.69. The Hall–Kier alpha value is -3.96. The second kappa shape index (κ2) is 9.49. The van der Waals surface area contributed by atoms with E-state index in [2.05, 4.69) is 11.2 Å². The summed E-state index contributed by atoms with van der Waals surface area (Å²) in [7, 11) is 0. The highest BCUT2D eigenvalue weighted by Gasteiger charge is 2.19. The highest BCUT2D eigenvalue weighted by Crippen LogP contribution is 2.23. The van der Waals surface area contributed by atoms with Gasteiger partial charge in [0, 0.05) is 6.07 Å². The number of aromatic nitrogens is 2. The lowest BCUT2D eigenvalue weighted by atomic mass is 10.0. The van der Waals surface area contributed by atoms with Crippen LogP contribution in [0.3, 0.4) is 0 Å². The molecule has 8 nitrogen and oxygen atoms in total. The smallest absolute Gasteiger partial charge is 0.266 e. The highest BCUT2D eigenvalue weighted by atomic mass is 16.5. The first-order chi connectivity index (χ1) is 14.5. The average Bonchev–Trinajstić information content (AvgIpc) is 2.78. The number of aryl methyl sites for hydroxylation is 1. The number of ether oxygens (including phenoxy) is 1. The summed E-state index contributed by atoms with van der Waals surface area (Å²) in [6.07, 6.45) is 0.267. The van der Waals surface area contributed by atoms with E-state index in [0.29, 0.717) is 22.1 Å². The molecule has 1 aromatic heterocycles. The van der Waals surface area contributed by atoms with Crippen LogP contribution in [0.4, 0.5) is 0 Å². The first-order valence-electron chi connectivity index (χ1n) is 9.21. The van der Waals surface area contributed by atoms with Crippen molar-refractivity contribution in [2.45, 2.75) is 19.5 Å². The van der Waals surface area contributed by atoms with Gasteiger partial charge in [0.05, 0.1) is 23.9 Å². The molecule has 2 aromatic carbocycles. The van der Waals surface area contributed by atoms with Gasteiger partial charge in [-0.2, -0.15) is 10.4 Å². The van der Waals surface area contributed by atoms with Gasteiger partial charge in [-0.15, -0.1) is 0 Å². The van der Waals surface area contributed by atoms with Crippen molar-refractivity contribution >= 4 is 6.41 Å². The van der Waals surface area contributed by atoms with E-state index in [4.69, 9.17) is 10.00 Å². The normalized spacial score (nSPS) is 11.4. The van der Waals surface area contributed by atoms with Crippen LogP contribution in [-0.4, -0.2) is 39.1 Å². The molecule has 1 amide bonds. The summed E-state index contributed by atoms with van der Waals surface area (Å²) in [5.74, 6) is 0.543. The molecule has 1 atom stereocenters. The number of carbonyl (C=O) groups excluding carboxylic acids is 1. The number of carbonyl (C=O) groups is 1. The Balaban J connectivity index is 1.69. The molecule has 0 aliphatic carbocycles. The Morgan fingerprint density at radius 2 is 1.77 bits per heavy atom. The fourth-order valence-electron chi connectivity index (χ4n) is 2.85. The standard InChI is InChI=1S/C22H20N4O4/c1-16-2-11-22(28)25(24-16)13-20(26(29)15-27)14-30-21-9-7-19(8-10-21)18-5-3-17(12-23)4-6-18/h2-11,15,20,29H,13-14H2,1H3. The lowest BCUT2D eigenvalue weighted by molar-refractivity contribution is -0.164. The van der Waals surface area contributed by atoms with Crippen molar-refractivity contribution in [1.82, 2.24) is 14.8 Å². The first kappa shape index (κ1) is 20.8. The van der Waals surface area contributed by atoms with Gasteiger partial charge < -0.3 is 4.74 Å². The molecule has 3 aromatic rings. The largest absolute Gasteiger partial charge is 0.491 e. The molecule has 8 heteroatoms. The van der Waals surface area contributed by atoms with Gasteiger partial charge in [0.1, 0.15) is 18.4 Å².